The molecule has 5 heterocycles. The highest BCUT2D eigenvalue weighted by Gasteiger charge is 2.34. The molecular formula is C33H27F3N6O2S. The Kier molecular flexibility index (Phi) is 6.77. The molecule has 45 heavy (non-hydrogen) atoms. The summed E-state index contributed by atoms with van der Waals surface area (Å²) in [5.74, 6) is -2.68. The van der Waals surface area contributed by atoms with Gasteiger partial charge in [0.15, 0.2) is 0 Å². The van der Waals surface area contributed by atoms with E-state index in [0.29, 0.717) is 28.2 Å². The lowest BCUT2D eigenvalue weighted by Crippen LogP contribution is -2.42. The lowest BCUT2D eigenvalue weighted by atomic mass is 9.94. The molecule has 0 N–H and O–H groups in total. The molecule has 7 rings (SSSR count). The summed E-state index contributed by atoms with van der Waals surface area (Å²) >= 11 is 1.14. The van der Waals surface area contributed by atoms with E-state index >= 15 is 8.78 Å². The fourth-order valence-corrected chi connectivity index (χ4v) is 7.14. The smallest absolute Gasteiger partial charge is 0.246 e. The van der Waals surface area contributed by atoms with Crippen LogP contribution in [0.4, 0.5) is 13.2 Å². The molecule has 0 spiro atoms. The number of thiophene rings is 1. The van der Waals surface area contributed by atoms with Crippen LogP contribution in [0.2, 0.25) is 0 Å². The zero-order chi connectivity index (χ0) is 31.7. The Morgan fingerprint density at radius 3 is 2.64 bits per heavy atom. The Labute approximate surface area is 260 Å². The van der Waals surface area contributed by atoms with E-state index in [2.05, 4.69) is 11.6 Å². The van der Waals surface area contributed by atoms with E-state index in [4.69, 9.17) is 14.8 Å². The highest BCUT2D eigenvalue weighted by atomic mass is 32.1. The molecule has 228 valence electrons. The second-order valence-corrected chi connectivity index (χ2v) is 12.0. The molecule has 0 aliphatic carbocycles. The van der Waals surface area contributed by atoms with Crippen LogP contribution in [0.15, 0.2) is 60.8 Å². The van der Waals surface area contributed by atoms with Crippen molar-refractivity contribution in [2.75, 3.05) is 13.7 Å². The van der Waals surface area contributed by atoms with Crippen LogP contribution in [-0.4, -0.2) is 48.8 Å². The number of methoxy groups -OCH3 is 1. The van der Waals surface area contributed by atoms with Crippen LogP contribution in [0.3, 0.4) is 0 Å². The third-order valence-electron chi connectivity index (χ3n) is 8.40. The molecule has 1 aliphatic rings. The number of imidazole rings is 1. The Balaban J connectivity index is 1.56. The highest BCUT2D eigenvalue weighted by molar-refractivity contribution is 7.17. The maximum absolute atomic E-state index is 16.0. The number of carbonyl (C=O) groups is 1. The molecule has 4 aromatic heterocycles. The number of halogens is 3. The van der Waals surface area contributed by atoms with Crippen molar-refractivity contribution in [1.82, 2.24) is 29.2 Å². The van der Waals surface area contributed by atoms with Gasteiger partial charge in [-0.2, -0.15) is 5.10 Å². The van der Waals surface area contributed by atoms with Crippen LogP contribution in [0.1, 0.15) is 31.6 Å². The van der Waals surface area contributed by atoms with Crippen molar-refractivity contribution < 1.29 is 22.7 Å². The van der Waals surface area contributed by atoms with Crippen LogP contribution < -0.4 is 4.74 Å². The van der Waals surface area contributed by atoms with E-state index in [1.807, 2.05) is 48.3 Å². The summed E-state index contributed by atoms with van der Waals surface area (Å²) in [6.45, 7) is 7.85. The molecule has 12 heteroatoms. The molecular weight excluding hydrogens is 601 g/mol. The lowest BCUT2D eigenvalue weighted by molar-refractivity contribution is -0.129. The quantitative estimate of drug-likeness (QED) is 0.185. The molecule has 2 atom stereocenters. The first kappa shape index (κ1) is 28.8. The van der Waals surface area contributed by atoms with Crippen molar-refractivity contribution >= 4 is 38.4 Å². The fraction of sp³-hybridized carbons (Fsp3) is 0.212. The number of hydrogen-bond donors (Lipinski definition) is 0. The van der Waals surface area contributed by atoms with Crippen molar-refractivity contribution in [1.29, 1.82) is 0 Å². The van der Waals surface area contributed by atoms with Crippen molar-refractivity contribution in [3.8, 4) is 39.5 Å². The number of benzene rings is 2. The summed E-state index contributed by atoms with van der Waals surface area (Å²) in [5.41, 5.74) is 3.98. The summed E-state index contributed by atoms with van der Waals surface area (Å²) < 4.78 is 55.8. The molecule has 8 nitrogen and oxygen atoms in total. The summed E-state index contributed by atoms with van der Waals surface area (Å²) in [4.78, 5) is 23.9. The number of aryl methyl sites for hydroxylation is 1. The van der Waals surface area contributed by atoms with Gasteiger partial charge in [-0.3, -0.25) is 9.48 Å². The molecule has 1 amide bonds. The van der Waals surface area contributed by atoms with Gasteiger partial charge >= 0.3 is 0 Å². The van der Waals surface area contributed by atoms with Crippen molar-refractivity contribution in [3.63, 3.8) is 0 Å². The highest BCUT2D eigenvalue weighted by Crippen LogP contribution is 2.48. The van der Waals surface area contributed by atoms with Gasteiger partial charge in [0, 0.05) is 47.6 Å². The first-order valence-electron chi connectivity index (χ1n) is 14.2. The Morgan fingerprint density at radius 1 is 1.09 bits per heavy atom. The number of amides is 1. The minimum Gasteiger partial charge on any atom is -0.496 e. The third kappa shape index (κ3) is 4.42. The number of rotatable bonds is 5. The second kappa shape index (κ2) is 10.6. The molecule has 2 aromatic carbocycles. The van der Waals surface area contributed by atoms with E-state index in [0.717, 1.165) is 40.2 Å². The summed E-state index contributed by atoms with van der Waals surface area (Å²) in [6.07, 6.45) is 2.98. The average molecular weight is 629 g/mol. The van der Waals surface area contributed by atoms with Gasteiger partial charge in [-0.15, -0.1) is 11.3 Å². The normalized spacial score (nSPS) is 16.4. The fourth-order valence-electron chi connectivity index (χ4n) is 6.21. The maximum Gasteiger partial charge on any atom is 0.246 e. The second-order valence-electron chi connectivity index (χ2n) is 11.1. The number of ether oxygens (including phenoxy) is 1. The number of aromatic nitrogens is 5. The van der Waals surface area contributed by atoms with E-state index in [1.165, 1.54) is 18.6 Å². The lowest BCUT2D eigenvalue weighted by Gasteiger charge is -2.36. The predicted octanol–water partition coefficient (Wildman–Crippen LogP) is 7.46. The minimum absolute atomic E-state index is 0.0931. The van der Waals surface area contributed by atoms with Crippen LogP contribution in [0.5, 0.6) is 5.75 Å². The van der Waals surface area contributed by atoms with Gasteiger partial charge in [0.25, 0.3) is 0 Å². The van der Waals surface area contributed by atoms with Gasteiger partial charge in [-0.25, -0.2) is 23.1 Å². The van der Waals surface area contributed by atoms with E-state index in [-0.39, 0.29) is 45.9 Å². The van der Waals surface area contributed by atoms with E-state index < -0.39 is 17.5 Å². The number of hydrogen-bond acceptors (Lipinski definition) is 6. The summed E-state index contributed by atoms with van der Waals surface area (Å²) in [5, 5.41) is 6.34. The van der Waals surface area contributed by atoms with Crippen LogP contribution in [0, 0.1) is 17.5 Å². The van der Waals surface area contributed by atoms with Crippen LogP contribution in [-0.2, 0) is 11.8 Å². The van der Waals surface area contributed by atoms with Crippen LogP contribution >= 0.6 is 11.3 Å². The Bertz CT molecular complexity index is 2180. The largest absolute Gasteiger partial charge is 0.496 e. The molecule has 0 saturated carbocycles. The van der Waals surface area contributed by atoms with E-state index in [1.54, 1.807) is 17.3 Å². The van der Waals surface area contributed by atoms with Gasteiger partial charge < -0.3 is 14.2 Å². The third-order valence-corrected chi connectivity index (χ3v) is 9.36. The molecule has 0 unspecified atom stereocenters. The van der Waals surface area contributed by atoms with Crippen molar-refractivity contribution in [3.05, 3.63) is 83.9 Å². The number of carbonyl (C=O) groups excluding carboxylic acids is 1. The average Bonchev–Trinajstić information content (AvgIpc) is 3.75. The van der Waals surface area contributed by atoms with Crippen molar-refractivity contribution in [2.45, 2.75) is 25.9 Å². The molecule has 1 aliphatic heterocycles. The van der Waals surface area contributed by atoms with Gasteiger partial charge in [0.05, 0.1) is 58.2 Å². The van der Waals surface area contributed by atoms with Crippen molar-refractivity contribution in [2.24, 2.45) is 7.05 Å². The number of pyridine rings is 1. The maximum atomic E-state index is 16.0. The SMILES string of the molecule is C=CC(=O)N1C[C@H](C)n2nc(-c3nc(-c4ccc5c(c4)ncn5C)c4scc(F)c4c3-c3c(F)cc(F)cc3OC)cc2[C@H]1C. The van der Waals surface area contributed by atoms with Crippen LogP contribution in [0.25, 0.3) is 54.9 Å². The molecule has 0 fully saturated rings. The summed E-state index contributed by atoms with van der Waals surface area (Å²) in [6, 6.07) is 8.68. The predicted molar refractivity (Wildman–Crippen MR) is 167 cm³/mol. The Morgan fingerprint density at radius 2 is 1.89 bits per heavy atom. The first-order chi connectivity index (χ1) is 21.6. The first-order valence-corrected chi connectivity index (χ1v) is 15.1. The van der Waals surface area contributed by atoms with Gasteiger partial charge in [-0.05, 0) is 38.1 Å². The molecule has 0 radical (unpaired) electrons. The van der Waals surface area contributed by atoms with Gasteiger partial charge in [0.1, 0.15) is 34.6 Å². The Hall–Kier alpha value is -4.97. The van der Waals surface area contributed by atoms with Gasteiger partial charge in [0.2, 0.25) is 5.91 Å². The minimum atomic E-state index is -0.932. The zero-order valence-electron chi connectivity index (χ0n) is 24.8. The monoisotopic (exact) mass is 628 g/mol. The topological polar surface area (TPSA) is 78.1 Å². The number of nitrogens with zero attached hydrogens (tertiary/aromatic N) is 6. The number of fused-ring (bicyclic) bond motifs is 3. The molecule has 0 bridgehead atoms. The summed E-state index contributed by atoms with van der Waals surface area (Å²) in [7, 11) is 3.19. The zero-order valence-corrected chi connectivity index (χ0v) is 25.6. The molecule has 6 aromatic rings. The molecule has 0 saturated heterocycles. The standard InChI is InChI=1S/C33H27F3N6O2S/c1-6-27(43)41-13-16(2)42-25(17(41)3)12-23(39-42)32-30(28-20(35)10-19(34)11-26(28)44-5)29-21(36)14-45-33(29)31(38-32)18-7-8-24-22(9-18)37-15-40(24)4/h6-12,14-17H,1,13H2,2-5H3/t16-,17+/m0/s1. The van der Waals surface area contributed by atoms with Gasteiger partial charge in [-0.1, -0.05) is 12.6 Å². The van der Waals surface area contributed by atoms with E-state index in [9.17, 15) is 9.18 Å².